The Labute approximate surface area is 126 Å². The lowest BCUT2D eigenvalue weighted by Crippen LogP contribution is -2.46. The summed E-state index contributed by atoms with van der Waals surface area (Å²) in [5.74, 6) is -0.278. The van der Waals surface area contributed by atoms with Crippen LogP contribution in [0, 0.1) is 0 Å². The lowest BCUT2D eigenvalue weighted by Gasteiger charge is -2.32. The number of sulfonamides is 1. The molecule has 1 amide bonds. The highest BCUT2D eigenvalue weighted by Crippen LogP contribution is 2.27. The van der Waals surface area contributed by atoms with Crippen molar-refractivity contribution in [3.05, 3.63) is 30.3 Å². The molecule has 0 spiro atoms. The highest BCUT2D eigenvalue weighted by Gasteiger charge is 2.33. The van der Waals surface area contributed by atoms with Crippen LogP contribution in [0.2, 0.25) is 0 Å². The third-order valence-corrected chi connectivity index (χ3v) is 5.82. The molecule has 1 saturated carbocycles. The summed E-state index contributed by atoms with van der Waals surface area (Å²) >= 11 is 0. The second-order valence-electron chi connectivity index (χ2n) is 5.33. The maximum absolute atomic E-state index is 12.8. The number of benzene rings is 1. The fourth-order valence-electron chi connectivity index (χ4n) is 2.73. The van der Waals surface area contributed by atoms with Gasteiger partial charge in [-0.25, -0.2) is 8.42 Å². The highest BCUT2D eigenvalue weighted by atomic mass is 32.2. The van der Waals surface area contributed by atoms with E-state index in [4.69, 9.17) is 0 Å². The minimum Gasteiger partial charge on any atom is -0.358 e. The SMILES string of the molecule is CNC(=O)CN(C1CCCCC1)S(=O)(=O)c1ccccc1. The minimum atomic E-state index is -3.63. The van der Waals surface area contributed by atoms with Crippen molar-refractivity contribution in [1.82, 2.24) is 9.62 Å². The Hall–Kier alpha value is -1.40. The first-order valence-corrected chi connectivity index (χ1v) is 8.77. The highest BCUT2D eigenvalue weighted by molar-refractivity contribution is 7.89. The fourth-order valence-corrected chi connectivity index (χ4v) is 4.39. The monoisotopic (exact) mass is 310 g/mol. The zero-order valence-corrected chi connectivity index (χ0v) is 13.1. The summed E-state index contributed by atoms with van der Waals surface area (Å²) in [4.78, 5) is 12.0. The van der Waals surface area contributed by atoms with E-state index in [1.807, 2.05) is 0 Å². The standard InChI is InChI=1S/C15H22N2O3S/c1-16-15(18)12-17(13-8-4-2-5-9-13)21(19,20)14-10-6-3-7-11-14/h3,6-7,10-11,13H,2,4-5,8-9,12H2,1H3,(H,16,18). The predicted octanol–water partition coefficient (Wildman–Crippen LogP) is 1.76. The van der Waals surface area contributed by atoms with Gasteiger partial charge in [-0.1, -0.05) is 37.5 Å². The van der Waals surface area contributed by atoms with E-state index in [1.165, 1.54) is 11.4 Å². The van der Waals surface area contributed by atoms with Gasteiger partial charge < -0.3 is 5.32 Å². The van der Waals surface area contributed by atoms with E-state index in [0.29, 0.717) is 0 Å². The van der Waals surface area contributed by atoms with Crippen molar-refractivity contribution < 1.29 is 13.2 Å². The number of nitrogens with one attached hydrogen (secondary N) is 1. The summed E-state index contributed by atoms with van der Waals surface area (Å²) in [6.45, 7) is -0.113. The van der Waals surface area contributed by atoms with Crippen molar-refractivity contribution in [2.45, 2.75) is 43.0 Å². The molecule has 0 atom stereocenters. The summed E-state index contributed by atoms with van der Waals surface area (Å²) in [6, 6.07) is 8.26. The lowest BCUT2D eigenvalue weighted by molar-refractivity contribution is -0.121. The third-order valence-electron chi connectivity index (χ3n) is 3.91. The topological polar surface area (TPSA) is 66.5 Å². The molecule has 0 radical (unpaired) electrons. The summed E-state index contributed by atoms with van der Waals surface area (Å²) in [5.41, 5.74) is 0. The Morgan fingerprint density at radius 1 is 1.19 bits per heavy atom. The summed E-state index contributed by atoms with van der Waals surface area (Å²) in [5, 5.41) is 2.51. The van der Waals surface area contributed by atoms with Gasteiger partial charge in [0.25, 0.3) is 0 Å². The van der Waals surface area contributed by atoms with Gasteiger partial charge in [0, 0.05) is 13.1 Å². The van der Waals surface area contributed by atoms with Crippen molar-refractivity contribution in [1.29, 1.82) is 0 Å². The minimum absolute atomic E-state index is 0.0822. The molecule has 1 aromatic rings. The molecule has 21 heavy (non-hydrogen) atoms. The van der Waals surface area contributed by atoms with Gasteiger partial charge in [0.15, 0.2) is 0 Å². The number of nitrogens with zero attached hydrogens (tertiary/aromatic N) is 1. The first-order chi connectivity index (χ1) is 10.1. The smallest absolute Gasteiger partial charge is 0.243 e. The number of carbonyl (C=O) groups is 1. The van der Waals surface area contributed by atoms with Crippen LogP contribution < -0.4 is 5.32 Å². The van der Waals surface area contributed by atoms with Gasteiger partial charge in [0.1, 0.15) is 0 Å². The predicted molar refractivity (Wildman–Crippen MR) is 81.3 cm³/mol. The van der Waals surface area contributed by atoms with Crippen LogP contribution in [0.3, 0.4) is 0 Å². The molecule has 5 nitrogen and oxygen atoms in total. The molecule has 2 rings (SSSR count). The molecule has 1 N–H and O–H groups in total. The number of hydrogen-bond donors (Lipinski definition) is 1. The number of likely N-dealkylation sites (N-methyl/N-ethyl adjacent to an activating group) is 1. The molecule has 0 bridgehead atoms. The zero-order valence-electron chi connectivity index (χ0n) is 12.3. The lowest BCUT2D eigenvalue weighted by atomic mass is 9.95. The molecule has 116 valence electrons. The van der Waals surface area contributed by atoms with Crippen molar-refractivity contribution in [2.75, 3.05) is 13.6 Å². The maximum Gasteiger partial charge on any atom is 0.243 e. The fraction of sp³-hybridized carbons (Fsp3) is 0.533. The molecule has 1 aliphatic carbocycles. The van der Waals surface area contributed by atoms with Crippen LogP contribution in [-0.2, 0) is 14.8 Å². The Balaban J connectivity index is 2.31. The average Bonchev–Trinajstić information content (AvgIpc) is 2.53. The van der Waals surface area contributed by atoms with E-state index < -0.39 is 10.0 Å². The van der Waals surface area contributed by atoms with Gasteiger partial charge in [-0.05, 0) is 25.0 Å². The van der Waals surface area contributed by atoms with E-state index in [0.717, 1.165) is 32.1 Å². The van der Waals surface area contributed by atoms with Crippen molar-refractivity contribution in [3.8, 4) is 0 Å². The number of hydrogen-bond acceptors (Lipinski definition) is 3. The Morgan fingerprint density at radius 2 is 1.81 bits per heavy atom. The third kappa shape index (κ3) is 3.83. The largest absolute Gasteiger partial charge is 0.358 e. The van der Waals surface area contributed by atoms with Crippen LogP contribution in [0.15, 0.2) is 35.2 Å². The van der Waals surface area contributed by atoms with Gasteiger partial charge >= 0.3 is 0 Å². The van der Waals surface area contributed by atoms with Crippen LogP contribution in [0.1, 0.15) is 32.1 Å². The molecule has 1 aliphatic rings. The van der Waals surface area contributed by atoms with Gasteiger partial charge in [0.2, 0.25) is 15.9 Å². The van der Waals surface area contributed by atoms with Crippen LogP contribution in [0.5, 0.6) is 0 Å². The van der Waals surface area contributed by atoms with E-state index in [1.54, 1.807) is 30.3 Å². The molecule has 6 heteroatoms. The molecular weight excluding hydrogens is 288 g/mol. The Bertz CT molecular complexity index is 566. The van der Waals surface area contributed by atoms with Crippen molar-refractivity contribution in [3.63, 3.8) is 0 Å². The van der Waals surface area contributed by atoms with E-state index in [-0.39, 0.29) is 23.4 Å². The number of rotatable bonds is 5. The van der Waals surface area contributed by atoms with Gasteiger partial charge in [-0.15, -0.1) is 0 Å². The summed E-state index contributed by atoms with van der Waals surface area (Å²) in [7, 11) is -2.11. The van der Waals surface area contributed by atoms with Gasteiger partial charge in [-0.3, -0.25) is 4.79 Å². The number of carbonyl (C=O) groups excluding carboxylic acids is 1. The molecule has 0 aromatic heterocycles. The van der Waals surface area contributed by atoms with Crippen LogP contribution >= 0.6 is 0 Å². The molecular formula is C15H22N2O3S. The van der Waals surface area contributed by atoms with Crippen molar-refractivity contribution in [2.24, 2.45) is 0 Å². The van der Waals surface area contributed by atoms with Gasteiger partial charge in [-0.2, -0.15) is 4.31 Å². The second-order valence-corrected chi connectivity index (χ2v) is 7.22. The zero-order chi connectivity index (χ0) is 15.3. The van der Waals surface area contributed by atoms with Gasteiger partial charge in [0.05, 0.1) is 11.4 Å². The van der Waals surface area contributed by atoms with Crippen LogP contribution in [0.4, 0.5) is 0 Å². The van der Waals surface area contributed by atoms with E-state index >= 15 is 0 Å². The molecule has 0 unspecified atom stereocenters. The first kappa shape index (κ1) is 16.0. The quantitative estimate of drug-likeness (QED) is 0.901. The van der Waals surface area contributed by atoms with E-state index in [9.17, 15) is 13.2 Å². The summed E-state index contributed by atoms with van der Waals surface area (Å²) in [6.07, 6.45) is 4.81. The first-order valence-electron chi connectivity index (χ1n) is 7.33. The molecule has 0 heterocycles. The van der Waals surface area contributed by atoms with Crippen LogP contribution in [-0.4, -0.2) is 38.3 Å². The normalized spacial score (nSPS) is 16.9. The summed E-state index contributed by atoms with van der Waals surface area (Å²) < 4.78 is 27.0. The molecule has 1 aromatic carbocycles. The number of amides is 1. The van der Waals surface area contributed by atoms with Crippen molar-refractivity contribution >= 4 is 15.9 Å². The van der Waals surface area contributed by atoms with Crippen LogP contribution in [0.25, 0.3) is 0 Å². The molecule has 0 aliphatic heterocycles. The average molecular weight is 310 g/mol. The molecule has 1 fully saturated rings. The Morgan fingerprint density at radius 3 is 2.38 bits per heavy atom. The second kappa shape index (κ2) is 7.04. The maximum atomic E-state index is 12.8. The molecule has 0 saturated heterocycles. The Kier molecular flexibility index (Phi) is 5.36. The van der Waals surface area contributed by atoms with E-state index in [2.05, 4.69) is 5.32 Å².